The van der Waals surface area contributed by atoms with Gasteiger partial charge in [0.2, 0.25) is 0 Å². The lowest BCUT2D eigenvalue weighted by molar-refractivity contribution is -0.143. The maximum atomic E-state index is 12.8. The molecule has 0 radical (unpaired) electrons. The molecule has 0 spiro atoms. The largest absolute Gasteiger partial charge is 0.393 e. The Morgan fingerprint density at radius 3 is 2.57 bits per heavy atom. The van der Waals surface area contributed by atoms with E-state index >= 15 is 0 Å². The Morgan fingerprint density at radius 2 is 1.89 bits per heavy atom. The molecule has 0 aromatic rings. The Morgan fingerprint density at radius 1 is 1.17 bits per heavy atom. The number of aliphatic hydroxyl groups is 3. The number of nitrogens with zero attached hydrogens (tertiary/aromatic N) is 1. The van der Waals surface area contributed by atoms with E-state index in [0.717, 1.165) is 24.0 Å². The van der Waals surface area contributed by atoms with Crippen LogP contribution in [0.25, 0.3) is 0 Å². The van der Waals surface area contributed by atoms with Crippen LogP contribution in [-0.4, -0.2) is 56.0 Å². The molecule has 1 saturated heterocycles. The highest BCUT2D eigenvalue weighted by Gasteiger charge is 2.53. The molecular formula is C30H47NO4. The van der Waals surface area contributed by atoms with Gasteiger partial charge in [0.05, 0.1) is 12.2 Å². The van der Waals surface area contributed by atoms with Gasteiger partial charge in [0.15, 0.2) is 0 Å². The molecule has 35 heavy (non-hydrogen) atoms. The Balaban J connectivity index is 1.50. The van der Waals surface area contributed by atoms with Crippen molar-refractivity contribution < 1.29 is 20.1 Å². The van der Waals surface area contributed by atoms with Crippen LogP contribution in [0.5, 0.6) is 0 Å². The van der Waals surface area contributed by atoms with Gasteiger partial charge >= 0.3 is 0 Å². The van der Waals surface area contributed by atoms with Gasteiger partial charge in [0.25, 0.3) is 5.91 Å². The van der Waals surface area contributed by atoms with Crippen molar-refractivity contribution in [3.8, 4) is 0 Å². The lowest BCUT2D eigenvalue weighted by Gasteiger charge is -2.45. The van der Waals surface area contributed by atoms with Crippen LogP contribution in [0.15, 0.2) is 35.5 Å². The van der Waals surface area contributed by atoms with Crippen molar-refractivity contribution in [2.45, 2.75) is 122 Å². The van der Waals surface area contributed by atoms with Crippen LogP contribution >= 0.6 is 0 Å². The van der Waals surface area contributed by atoms with E-state index in [-0.39, 0.29) is 23.4 Å². The molecule has 0 bridgehead atoms. The number of likely N-dealkylation sites (tertiary alicyclic amines) is 1. The monoisotopic (exact) mass is 485 g/mol. The molecule has 1 unspecified atom stereocenters. The van der Waals surface area contributed by atoms with Crippen LogP contribution in [0, 0.1) is 23.2 Å². The molecule has 3 N–H and O–H groups in total. The minimum atomic E-state index is -1.24. The Labute approximate surface area is 212 Å². The average molecular weight is 486 g/mol. The van der Waals surface area contributed by atoms with Gasteiger partial charge in [-0.2, -0.15) is 0 Å². The molecule has 3 saturated carbocycles. The third kappa shape index (κ3) is 4.93. The van der Waals surface area contributed by atoms with Crippen LogP contribution in [0.4, 0.5) is 0 Å². The predicted molar refractivity (Wildman–Crippen MR) is 140 cm³/mol. The van der Waals surface area contributed by atoms with Gasteiger partial charge in [-0.3, -0.25) is 4.79 Å². The van der Waals surface area contributed by atoms with Crippen LogP contribution in [0.2, 0.25) is 0 Å². The van der Waals surface area contributed by atoms with Gasteiger partial charge < -0.3 is 20.2 Å². The zero-order valence-electron chi connectivity index (χ0n) is 22.5. The highest BCUT2D eigenvalue weighted by Crippen LogP contribution is 2.60. The number of hydrogen-bond donors (Lipinski definition) is 3. The molecule has 196 valence electrons. The fourth-order valence-corrected chi connectivity index (χ4v) is 8.21. The number of allylic oxidation sites excluding steroid dienone is 3. The fourth-order valence-electron chi connectivity index (χ4n) is 8.21. The summed E-state index contributed by atoms with van der Waals surface area (Å²) in [5, 5.41) is 31.0. The second-order valence-corrected chi connectivity index (χ2v) is 12.8. The van der Waals surface area contributed by atoms with Gasteiger partial charge in [0, 0.05) is 24.9 Å². The van der Waals surface area contributed by atoms with Crippen molar-refractivity contribution >= 4 is 5.91 Å². The number of carbonyl (C=O) groups excluding carboxylic acids is 1. The van der Waals surface area contributed by atoms with E-state index in [2.05, 4.69) is 46.4 Å². The van der Waals surface area contributed by atoms with Gasteiger partial charge in [-0.25, -0.2) is 0 Å². The first-order valence-corrected chi connectivity index (χ1v) is 13.8. The smallest absolute Gasteiger partial charge is 0.254 e. The Hall–Kier alpha value is -1.43. The van der Waals surface area contributed by atoms with Crippen molar-refractivity contribution in [2.24, 2.45) is 23.2 Å². The quantitative estimate of drug-likeness (QED) is 0.517. The summed E-state index contributed by atoms with van der Waals surface area (Å²) < 4.78 is 0. The minimum absolute atomic E-state index is 0.101. The molecule has 4 rings (SSSR count). The van der Waals surface area contributed by atoms with E-state index in [0.29, 0.717) is 37.0 Å². The first kappa shape index (κ1) is 26.6. The van der Waals surface area contributed by atoms with E-state index in [1.807, 2.05) is 4.90 Å². The molecule has 0 aromatic carbocycles. The summed E-state index contributed by atoms with van der Waals surface area (Å²) in [5.41, 5.74) is 2.24. The summed E-state index contributed by atoms with van der Waals surface area (Å²) in [6.07, 6.45) is 11.6. The van der Waals surface area contributed by atoms with Crippen LogP contribution in [0.3, 0.4) is 0 Å². The molecule has 4 fully saturated rings. The van der Waals surface area contributed by atoms with Gasteiger partial charge in [-0.15, -0.1) is 0 Å². The van der Waals surface area contributed by atoms with E-state index in [9.17, 15) is 20.1 Å². The number of fused-ring (bicyclic) bond motifs is 1. The summed E-state index contributed by atoms with van der Waals surface area (Å²) in [4.78, 5) is 14.7. The average Bonchev–Trinajstić information content (AvgIpc) is 3.22. The second-order valence-electron chi connectivity index (χ2n) is 12.8. The number of rotatable bonds is 5. The summed E-state index contributed by atoms with van der Waals surface area (Å²) in [7, 11) is 0. The van der Waals surface area contributed by atoms with Crippen molar-refractivity contribution in [3.05, 3.63) is 35.5 Å². The summed E-state index contributed by atoms with van der Waals surface area (Å²) in [6, 6.07) is 0.207. The molecule has 8 atom stereocenters. The summed E-state index contributed by atoms with van der Waals surface area (Å²) in [6.45, 7) is 14.7. The lowest BCUT2D eigenvalue weighted by Crippen LogP contribution is -2.44. The van der Waals surface area contributed by atoms with Gasteiger partial charge in [-0.05, 0) is 100 Å². The van der Waals surface area contributed by atoms with E-state index in [1.54, 1.807) is 6.92 Å². The fraction of sp³-hybridized carbons (Fsp3) is 0.767. The molecule has 1 aliphatic heterocycles. The van der Waals surface area contributed by atoms with Crippen LogP contribution in [0.1, 0.15) is 92.4 Å². The third-order valence-corrected chi connectivity index (χ3v) is 9.91. The minimum Gasteiger partial charge on any atom is -0.393 e. The molecule has 4 aliphatic rings. The van der Waals surface area contributed by atoms with E-state index in [4.69, 9.17) is 0 Å². The summed E-state index contributed by atoms with van der Waals surface area (Å²) >= 11 is 0. The van der Waals surface area contributed by atoms with Crippen molar-refractivity contribution in [3.63, 3.8) is 0 Å². The molecule has 1 heterocycles. The predicted octanol–water partition coefficient (Wildman–Crippen LogP) is 4.91. The molecule has 5 nitrogen and oxygen atoms in total. The number of amides is 1. The number of hydrogen-bond acceptors (Lipinski definition) is 4. The maximum Gasteiger partial charge on any atom is 0.254 e. The second kappa shape index (κ2) is 9.79. The molecular weight excluding hydrogens is 438 g/mol. The first-order chi connectivity index (χ1) is 16.3. The molecule has 0 aromatic heterocycles. The lowest BCUT2D eigenvalue weighted by atomic mass is 9.60. The highest BCUT2D eigenvalue weighted by molar-refractivity contribution is 5.87. The number of carbonyl (C=O) groups is 1. The van der Waals surface area contributed by atoms with Crippen LogP contribution in [-0.2, 0) is 4.79 Å². The van der Waals surface area contributed by atoms with Gasteiger partial charge in [-0.1, -0.05) is 38.2 Å². The highest BCUT2D eigenvalue weighted by atomic mass is 16.3. The third-order valence-electron chi connectivity index (χ3n) is 9.91. The first-order valence-electron chi connectivity index (χ1n) is 13.8. The molecule has 3 aliphatic carbocycles. The zero-order chi connectivity index (χ0) is 25.7. The standard InChI is InChI=1S/C30H47NO4/c1-18(2)31-23(17-30(6,35)28(31)34)14-19(3)25-11-12-26-21(8-7-13-29(25,26)5)9-10-22-15-24(32)16-27(33)20(22)4/h9-10,18-19,23-27,32-33,35H,4,7-8,11-17H2,1-3,5-6H3/b21-9+,22-10-/t19-,23-,24-,25-,26?,27+,29-,30-/m1/s1. The van der Waals surface area contributed by atoms with Crippen molar-refractivity contribution in [1.29, 1.82) is 0 Å². The van der Waals surface area contributed by atoms with Gasteiger partial charge in [0.1, 0.15) is 5.60 Å². The van der Waals surface area contributed by atoms with E-state index in [1.165, 1.54) is 31.3 Å². The topological polar surface area (TPSA) is 81.0 Å². The van der Waals surface area contributed by atoms with Crippen molar-refractivity contribution in [2.75, 3.05) is 0 Å². The van der Waals surface area contributed by atoms with Crippen LogP contribution < -0.4 is 0 Å². The zero-order valence-corrected chi connectivity index (χ0v) is 22.5. The normalized spacial score (nSPS) is 43.5. The maximum absolute atomic E-state index is 12.8. The van der Waals surface area contributed by atoms with E-state index < -0.39 is 17.8 Å². The Bertz CT molecular complexity index is 902. The molecule has 5 heteroatoms. The Kier molecular flexibility index (Phi) is 7.45. The molecule has 1 amide bonds. The van der Waals surface area contributed by atoms with Crippen molar-refractivity contribution in [1.82, 2.24) is 4.90 Å². The number of aliphatic hydroxyl groups excluding tert-OH is 2. The SMILES string of the molecule is C=C1/C(=C\C=C2/CCC[C@@]3(C)C2CC[C@@H]3[C@H](C)C[C@@H]2C[C@@](C)(O)C(=O)N2C(C)C)C[C@@H](O)C[C@@H]1O. The summed E-state index contributed by atoms with van der Waals surface area (Å²) in [5.74, 6) is 1.53.